The van der Waals surface area contributed by atoms with Crippen LogP contribution in [0, 0.1) is 17.8 Å². The smallest absolute Gasteiger partial charge is 0.253 e. The van der Waals surface area contributed by atoms with Gasteiger partial charge >= 0.3 is 0 Å². The average molecular weight is 326 g/mol. The first-order valence-electron chi connectivity index (χ1n) is 9.38. The topological polar surface area (TPSA) is 49.4 Å². The average Bonchev–Trinajstić information content (AvgIpc) is 3.32. The second-order valence-corrected chi connectivity index (χ2v) is 7.76. The molecule has 1 saturated heterocycles. The van der Waals surface area contributed by atoms with E-state index in [9.17, 15) is 9.59 Å². The molecule has 3 aliphatic rings. The number of fused-ring (bicyclic) bond motifs is 2. The van der Waals surface area contributed by atoms with Crippen LogP contribution < -0.4 is 5.32 Å². The highest BCUT2D eigenvalue weighted by molar-refractivity contribution is 5.96. The molecule has 0 radical (unpaired) electrons. The normalized spacial score (nSPS) is 28.3. The number of carbonyl (C=O) groups excluding carboxylic acids is 2. The largest absolute Gasteiger partial charge is 0.339 e. The minimum atomic E-state index is 0.104. The molecule has 128 valence electrons. The Labute approximate surface area is 143 Å². The Morgan fingerprint density at radius 1 is 1.04 bits per heavy atom. The third-order valence-electron chi connectivity index (χ3n) is 6.14. The lowest BCUT2D eigenvalue weighted by Gasteiger charge is -2.21. The second kappa shape index (κ2) is 6.58. The number of likely N-dealkylation sites (tertiary alicyclic amines) is 1. The van der Waals surface area contributed by atoms with Crippen LogP contribution in [0.25, 0.3) is 0 Å². The van der Waals surface area contributed by atoms with E-state index in [1.165, 1.54) is 25.7 Å². The number of hydrogen-bond donors (Lipinski definition) is 1. The molecule has 1 heterocycles. The van der Waals surface area contributed by atoms with Gasteiger partial charge in [-0.15, -0.1) is 0 Å². The number of amides is 2. The quantitative estimate of drug-likeness (QED) is 0.917. The van der Waals surface area contributed by atoms with Crippen molar-refractivity contribution in [3.63, 3.8) is 0 Å². The molecule has 4 rings (SSSR count). The van der Waals surface area contributed by atoms with Crippen molar-refractivity contribution in [3.05, 3.63) is 29.8 Å². The molecular weight excluding hydrogens is 300 g/mol. The zero-order valence-electron chi connectivity index (χ0n) is 14.2. The van der Waals surface area contributed by atoms with Crippen molar-refractivity contribution in [1.29, 1.82) is 0 Å². The van der Waals surface area contributed by atoms with Crippen molar-refractivity contribution in [2.75, 3.05) is 18.4 Å². The van der Waals surface area contributed by atoms with E-state index in [2.05, 4.69) is 5.32 Å². The summed E-state index contributed by atoms with van der Waals surface area (Å²) in [5.41, 5.74) is 1.50. The Balaban J connectivity index is 1.31. The number of nitrogens with zero attached hydrogens (tertiary/aromatic N) is 1. The molecule has 1 N–H and O–H groups in total. The summed E-state index contributed by atoms with van der Waals surface area (Å²) in [6, 6.07) is 7.35. The molecule has 3 atom stereocenters. The van der Waals surface area contributed by atoms with Crippen molar-refractivity contribution in [1.82, 2.24) is 4.90 Å². The summed E-state index contributed by atoms with van der Waals surface area (Å²) in [5, 5.41) is 3.00. The Morgan fingerprint density at radius 2 is 1.79 bits per heavy atom. The van der Waals surface area contributed by atoms with E-state index < -0.39 is 0 Å². The molecule has 0 aromatic heterocycles. The van der Waals surface area contributed by atoms with Crippen LogP contribution in [0.2, 0.25) is 0 Å². The van der Waals surface area contributed by atoms with Crippen molar-refractivity contribution in [2.24, 2.45) is 17.8 Å². The molecular formula is C20H26N2O2. The van der Waals surface area contributed by atoms with Gasteiger partial charge in [0, 0.05) is 30.8 Å². The molecule has 1 aromatic carbocycles. The lowest BCUT2D eigenvalue weighted by molar-refractivity contribution is -0.117. The first-order valence-corrected chi connectivity index (χ1v) is 9.38. The zero-order chi connectivity index (χ0) is 16.5. The SMILES string of the molecule is O=C(C[C@@H]1C[C@H]2CC[C@H]1C2)Nc1ccc(C(=O)N2CCCC2)cc1. The maximum absolute atomic E-state index is 12.3. The van der Waals surface area contributed by atoms with Crippen LogP contribution in [0.3, 0.4) is 0 Å². The maximum Gasteiger partial charge on any atom is 0.253 e. The Morgan fingerprint density at radius 3 is 2.42 bits per heavy atom. The summed E-state index contributed by atoms with van der Waals surface area (Å²) < 4.78 is 0. The number of benzene rings is 1. The molecule has 2 bridgehead atoms. The maximum atomic E-state index is 12.3. The number of nitrogens with one attached hydrogen (secondary N) is 1. The van der Waals surface area contributed by atoms with Gasteiger partial charge in [-0.05, 0) is 74.1 Å². The summed E-state index contributed by atoms with van der Waals surface area (Å²) in [6.45, 7) is 1.72. The first kappa shape index (κ1) is 15.7. The third kappa shape index (κ3) is 3.19. The third-order valence-corrected chi connectivity index (χ3v) is 6.14. The van der Waals surface area contributed by atoms with E-state index in [1.54, 1.807) is 0 Å². The molecule has 2 amide bonds. The standard InChI is InChI=1S/C20H26N2O2/c23-19(13-17-12-14-3-4-16(17)11-14)21-18-7-5-15(6-8-18)20(24)22-9-1-2-10-22/h5-8,14,16-17H,1-4,9-13H2,(H,21,23)/t14-,16-,17-/m0/s1. The van der Waals surface area contributed by atoms with Crippen LogP contribution in [0.5, 0.6) is 0 Å². The molecule has 1 aromatic rings. The molecule has 2 saturated carbocycles. The van der Waals surface area contributed by atoms with Gasteiger partial charge in [0.1, 0.15) is 0 Å². The van der Waals surface area contributed by atoms with Crippen molar-refractivity contribution < 1.29 is 9.59 Å². The number of carbonyl (C=O) groups is 2. The summed E-state index contributed by atoms with van der Waals surface area (Å²) in [4.78, 5) is 26.5. The van der Waals surface area contributed by atoms with Crippen molar-refractivity contribution in [3.8, 4) is 0 Å². The fraction of sp³-hybridized carbons (Fsp3) is 0.600. The van der Waals surface area contributed by atoms with E-state index in [4.69, 9.17) is 0 Å². The highest BCUT2D eigenvalue weighted by Gasteiger charge is 2.40. The van der Waals surface area contributed by atoms with Crippen LogP contribution >= 0.6 is 0 Å². The van der Waals surface area contributed by atoms with E-state index in [1.807, 2.05) is 29.2 Å². The lowest BCUT2D eigenvalue weighted by Crippen LogP contribution is -2.27. The van der Waals surface area contributed by atoms with Gasteiger partial charge in [-0.3, -0.25) is 9.59 Å². The fourth-order valence-corrected chi connectivity index (χ4v) is 4.88. The Hall–Kier alpha value is -1.84. The van der Waals surface area contributed by atoms with Gasteiger partial charge in [0.05, 0.1) is 0 Å². The number of hydrogen-bond acceptors (Lipinski definition) is 2. The van der Waals surface area contributed by atoms with Gasteiger partial charge in [-0.1, -0.05) is 6.42 Å². The van der Waals surface area contributed by atoms with Crippen molar-refractivity contribution >= 4 is 17.5 Å². The monoisotopic (exact) mass is 326 g/mol. The Kier molecular flexibility index (Phi) is 4.30. The van der Waals surface area contributed by atoms with E-state index >= 15 is 0 Å². The minimum absolute atomic E-state index is 0.104. The van der Waals surface area contributed by atoms with Crippen LogP contribution in [0.4, 0.5) is 5.69 Å². The summed E-state index contributed by atoms with van der Waals surface area (Å²) in [7, 11) is 0. The van der Waals surface area contributed by atoms with Crippen LogP contribution in [0.1, 0.15) is 55.3 Å². The van der Waals surface area contributed by atoms with Gasteiger partial charge < -0.3 is 10.2 Å². The fourth-order valence-electron chi connectivity index (χ4n) is 4.88. The molecule has 0 spiro atoms. The van der Waals surface area contributed by atoms with Gasteiger partial charge in [0.15, 0.2) is 0 Å². The minimum Gasteiger partial charge on any atom is -0.339 e. The molecule has 4 nitrogen and oxygen atoms in total. The van der Waals surface area contributed by atoms with Crippen molar-refractivity contribution in [2.45, 2.75) is 44.9 Å². The van der Waals surface area contributed by atoms with Gasteiger partial charge in [0.2, 0.25) is 5.91 Å². The summed E-state index contributed by atoms with van der Waals surface area (Å²) in [6.07, 6.45) is 8.11. The van der Waals surface area contributed by atoms with E-state index in [-0.39, 0.29) is 11.8 Å². The highest BCUT2D eigenvalue weighted by Crippen LogP contribution is 2.49. The van der Waals surface area contributed by atoms with Crippen LogP contribution in [-0.2, 0) is 4.79 Å². The number of anilines is 1. The van der Waals surface area contributed by atoms with E-state index in [0.29, 0.717) is 17.9 Å². The predicted octanol–water partition coefficient (Wildman–Crippen LogP) is 3.69. The summed E-state index contributed by atoms with van der Waals surface area (Å²) in [5.74, 6) is 2.46. The molecule has 24 heavy (non-hydrogen) atoms. The lowest BCUT2D eigenvalue weighted by atomic mass is 9.86. The second-order valence-electron chi connectivity index (χ2n) is 7.76. The van der Waals surface area contributed by atoms with Gasteiger partial charge in [-0.25, -0.2) is 0 Å². The molecule has 4 heteroatoms. The van der Waals surface area contributed by atoms with Gasteiger partial charge in [0.25, 0.3) is 5.91 Å². The van der Waals surface area contributed by atoms with Crippen LogP contribution in [0.15, 0.2) is 24.3 Å². The molecule has 0 unspecified atom stereocenters. The van der Waals surface area contributed by atoms with Gasteiger partial charge in [-0.2, -0.15) is 0 Å². The molecule has 2 aliphatic carbocycles. The van der Waals surface area contributed by atoms with E-state index in [0.717, 1.165) is 43.5 Å². The number of rotatable bonds is 4. The summed E-state index contributed by atoms with van der Waals surface area (Å²) >= 11 is 0. The Bertz CT molecular complexity index is 619. The highest BCUT2D eigenvalue weighted by atomic mass is 16.2. The van der Waals surface area contributed by atoms with Crippen LogP contribution in [-0.4, -0.2) is 29.8 Å². The zero-order valence-corrected chi connectivity index (χ0v) is 14.2. The molecule has 3 fully saturated rings. The molecule has 1 aliphatic heterocycles. The first-order chi connectivity index (χ1) is 11.7. The predicted molar refractivity (Wildman–Crippen MR) is 93.8 cm³/mol.